The molecule has 1 rings (SSSR count). The first kappa shape index (κ1) is 14.9. The van der Waals surface area contributed by atoms with Gasteiger partial charge in [-0.2, -0.15) is 0 Å². The fraction of sp³-hybridized carbons (Fsp3) is 0.462. The number of benzene rings is 1. The second kappa shape index (κ2) is 6.72. The third kappa shape index (κ3) is 3.67. The van der Waals surface area contributed by atoms with Gasteiger partial charge in [-0.05, 0) is 13.3 Å². The van der Waals surface area contributed by atoms with E-state index in [9.17, 15) is 14.9 Å². The van der Waals surface area contributed by atoms with Crippen LogP contribution in [-0.2, 0) is 0 Å². The van der Waals surface area contributed by atoms with Crippen LogP contribution < -0.4 is 9.47 Å². The van der Waals surface area contributed by atoms with Crippen molar-refractivity contribution in [1.29, 1.82) is 0 Å². The number of rotatable bonds is 7. The third-order valence-electron chi connectivity index (χ3n) is 2.61. The van der Waals surface area contributed by atoms with E-state index in [2.05, 4.69) is 0 Å². The van der Waals surface area contributed by atoms with E-state index in [1.165, 1.54) is 26.2 Å². The summed E-state index contributed by atoms with van der Waals surface area (Å²) in [5.74, 6) is 0.227. The Labute approximate surface area is 111 Å². The quantitative estimate of drug-likeness (QED) is 0.328. The minimum atomic E-state index is -0.594. The van der Waals surface area contributed by atoms with Crippen LogP contribution in [0.25, 0.3) is 0 Å². The largest absolute Gasteiger partial charge is 0.493 e. The molecule has 0 aromatic heterocycles. The summed E-state index contributed by atoms with van der Waals surface area (Å²) >= 11 is 0. The summed E-state index contributed by atoms with van der Waals surface area (Å²) in [5.41, 5.74) is -0.246. The summed E-state index contributed by atoms with van der Waals surface area (Å²) in [6.07, 6.45) is 1.79. The van der Waals surface area contributed by atoms with E-state index >= 15 is 0 Å². The topological polar surface area (TPSA) is 78.7 Å². The molecule has 1 aromatic carbocycles. The molecule has 0 saturated heterocycles. The number of hydrogen-bond donors (Lipinski definition) is 0. The number of Topliss-reactive ketones (excluding diaryl/α,β-unsaturated/α-hetero) is 1. The molecule has 0 saturated carbocycles. The number of unbranched alkanes of at least 4 members (excludes halogenated alkanes) is 1. The summed E-state index contributed by atoms with van der Waals surface area (Å²) in [6, 6.07) is 2.59. The molecule has 0 bridgehead atoms. The summed E-state index contributed by atoms with van der Waals surface area (Å²) in [6.45, 7) is 3.74. The zero-order valence-electron chi connectivity index (χ0n) is 11.3. The fourth-order valence-corrected chi connectivity index (χ4v) is 1.58. The average Bonchev–Trinajstić information content (AvgIpc) is 2.38. The molecule has 0 spiro atoms. The number of methoxy groups -OCH3 is 1. The van der Waals surface area contributed by atoms with Crippen molar-refractivity contribution in [2.75, 3.05) is 13.7 Å². The van der Waals surface area contributed by atoms with Crippen LogP contribution in [0.5, 0.6) is 11.5 Å². The zero-order valence-corrected chi connectivity index (χ0v) is 11.3. The van der Waals surface area contributed by atoms with E-state index in [1.807, 2.05) is 6.92 Å². The molecule has 0 fully saturated rings. The Bertz CT molecular complexity index is 484. The number of ketones is 1. The van der Waals surface area contributed by atoms with Gasteiger partial charge in [0.25, 0.3) is 5.69 Å². The van der Waals surface area contributed by atoms with E-state index in [4.69, 9.17) is 9.47 Å². The van der Waals surface area contributed by atoms with Crippen LogP contribution in [0.15, 0.2) is 12.1 Å². The van der Waals surface area contributed by atoms with Crippen molar-refractivity contribution >= 4 is 11.5 Å². The smallest absolute Gasteiger partial charge is 0.284 e. The van der Waals surface area contributed by atoms with Crippen LogP contribution in [0.4, 0.5) is 5.69 Å². The molecule has 0 amide bonds. The molecule has 0 atom stereocenters. The lowest BCUT2D eigenvalue weighted by Gasteiger charge is -2.11. The van der Waals surface area contributed by atoms with Crippen LogP contribution in [-0.4, -0.2) is 24.4 Å². The molecule has 0 aliphatic carbocycles. The summed E-state index contributed by atoms with van der Waals surface area (Å²) in [5, 5.41) is 11.0. The van der Waals surface area contributed by atoms with Crippen molar-refractivity contribution in [3.05, 3.63) is 27.8 Å². The summed E-state index contributed by atoms with van der Waals surface area (Å²) < 4.78 is 10.6. The Morgan fingerprint density at radius 2 is 2.05 bits per heavy atom. The van der Waals surface area contributed by atoms with Gasteiger partial charge in [-0.25, -0.2) is 0 Å². The highest BCUT2D eigenvalue weighted by atomic mass is 16.6. The highest BCUT2D eigenvalue weighted by Crippen LogP contribution is 2.35. The first-order valence-corrected chi connectivity index (χ1v) is 6.01. The van der Waals surface area contributed by atoms with Crippen LogP contribution >= 0.6 is 0 Å². The van der Waals surface area contributed by atoms with Gasteiger partial charge >= 0.3 is 0 Å². The highest BCUT2D eigenvalue weighted by Gasteiger charge is 2.22. The standard InChI is InChI=1S/C13H17NO5/c1-4-5-6-19-13-8-11(14(16)17)10(9(2)15)7-12(13)18-3/h7-8H,4-6H2,1-3H3. The van der Waals surface area contributed by atoms with Gasteiger partial charge in [0.05, 0.1) is 30.3 Å². The van der Waals surface area contributed by atoms with E-state index in [0.29, 0.717) is 12.4 Å². The maximum absolute atomic E-state index is 11.4. The molecule has 6 heteroatoms. The van der Waals surface area contributed by atoms with Gasteiger partial charge in [0.2, 0.25) is 0 Å². The first-order chi connectivity index (χ1) is 9.01. The molecule has 0 heterocycles. The Morgan fingerprint density at radius 1 is 1.37 bits per heavy atom. The molecule has 1 aromatic rings. The lowest BCUT2D eigenvalue weighted by atomic mass is 10.1. The number of carbonyl (C=O) groups is 1. The maximum atomic E-state index is 11.4. The summed E-state index contributed by atoms with van der Waals surface area (Å²) in [7, 11) is 1.43. The minimum Gasteiger partial charge on any atom is -0.493 e. The molecular formula is C13H17NO5. The van der Waals surface area contributed by atoms with Crippen LogP contribution in [0, 0.1) is 10.1 Å². The summed E-state index contributed by atoms with van der Waals surface area (Å²) in [4.78, 5) is 21.8. The number of hydrogen-bond acceptors (Lipinski definition) is 5. The zero-order chi connectivity index (χ0) is 14.4. The van der Waals surface area contributed by atoms with Gasteiger partial charge in [-0.15, -0.1) is 0 Å². The fourth-order valence-electron chi connectivity index (χ4n) is 1.58. The third-order valence-corrected chi connectivity index (χ3v) is 2.61. The molecule has 104 valence electrons. The first-order valence-electron chi connectivity index (χ1n) is 6.01. The van der Waals surface area contributed by atoms with E-state index in [1.54, 1.807) is 0 Å². The minimum absolute atomic E-state index is 0.0182. The molecule has 0 aliphatic rings. The van der Waals surface area contributed by atoms with E-state index in [-0.39, 0.29) is 22.8 Å². The number of nitrogens with zero attached hydrogens (tertiary/aromatic N) is 1. The highest BCUT2D eigenvalue weighted by molar-refractivity contribution is 5.98. The number of nitro groups is 1. The lowest BCUT2D eigenvalue weighted by Crippen LogP contribution is -2.04. The van der Waals surface area contributed by atoms with Crippen LogP contribution in [0.1, 0.15) is 37.0 Å². The van der Waals surface area contributed by atoms with Gasteiger partial charge in [-0.1, -0.05) is 13.3 Å². The van der Waals surface area contributed by atoms with E-state index < -0.39 is 4.92 Å². The Balaban J connectivity index is 3.19. The van der Waals surface area contributed by atoms with Gasteiger partial charge in [0, 0.05) is 6.07 Å². The Hall–Kier alpha value is -2.11. The van der Waals surface area contributed by atoms with Crippen molar-refractivity contribution in [2.45, 2.75) is 26.7 Å². The normalized spacial score (nSPS) is 10.1. The van der Waals surface area contributed by atoms with Gasteiger partial charge in [-0.3, -0.25) is 14.9 Å². The van der Waals surface area contributed by atoms with Crippen molar-refractivity contribution in [3.8, 4) is 11.5 Å². The molecule has 0 radical (unpaired) electrons. The van der Waals surface area contributed by atoms with Gasteiger partial charge in [0.15, 0.2) is 17.3 Å². The Kier molecular flexibility index (Phi) is 5.29. The van der Waals surface area contributed by atoms with Gasteiger partial charge in [0.1, 0.15) is 0 Å². The molecule has 0 N–H and O–H groups in total. The van der Waals surface area contributed by atoms with Crippen LogP contribution in [0.2, 0.25) is 0 Å². The van der Waals surface area contributed by atoms with Crippen molar-refractivity contribution in [1.82, 2.24) is 0 Å². The van der Waals surface area contributed by atoms with Crippen LogP contribution in [0.3, 0.4) is 0 Å². The number of nitro benzene ring substituents is 1. The number of ether oxygens (including phenoxy) is 2. The lowest BCUT2D eigenvalue weighted by molar-refractivity contribution is -0.385. The van der Waals surface area contributed by atoms with Crippen molar-refractivity contribution in [2.24, 2.45) is 0 Å². The molecule has 6 nitrogen and oxygen atoms in total. The van der Waals surface area contributed by atoms with E-state index in [0.717, 1.165) is 12.8 Å². The van der Waals surface area contributed by atoms with Crippen molar-refractivity contribution in [3.63, 3.8) is 0 Å². The SMILES string of the molecule is CCCCOc1cc([N+](=O)[O-])c(C(C)=O)cc1OC. The predicted molar refractivity (Wildman–Crippen MR) is 70.1 cm³/mol. The average molecular weight is 267 g/mol. The molecule has 0 unspecified atom stereocenters. The molecule has 0 aliphatic heterocycles. The van der Waals surface area contributed by atoms with Crippen molar-refractivity contribution < 1.29 is 19.2 Å². The molecule has 19 heavy (non-hydrogen) atoms. The monoisotopic (exact) mass is 267 g/mol. The predicted octanol–water partition coefficient (Wildman–Crippen LogP) is 2.98. The second-order valence-electron chi connectivity index (χ2n) is 4.04. The molecular weight excluding hydrogens is 250 g/mol. The second-order valence-corrected chi connectivity index (χ2v) is 4.04. The number of carbonyl (C=O) groups excluding carboxylic acids is 1. The van der Waals surface area contributed by atoms with Gasteiger partial charge < -0.3 is 9.47 Å². The Morgan fingerprint density at radius 3 is 2.53 bits per heavy atom. The maximum Gasteiger partial charge on any atom is 0.284 e.